The molecule has 2 unspecified atom stereocenters. The van der Waals surface area contributed by atoms with E-state index in [1.165, 1.54) is 11.8 Å². The summed E-state index contributed by atoms with van der Waals surface area (Å²) in [5, 5.41) is 12.1. The molecule has 1 aromatic rings. The fraction of sp³-hybridized carbons (Fsp3) is 0.438. The Bertz CT molecular complexity index is 674. The number of rotatable bonds is 3. The Morgan fingerprint density at radius 1 is 1.43 bits per heavy atom. The van der Waals surface area contributed by atoms with Gasteiger partial charge in [-0.05, 0) is 31.9 Å². The lowest BCUT2D eigenvalue weighted by molar-refractivity contribution is -0.156. The smallest absolute Gasteiger partial charge is 0.329 e. The van der Waals surface area contributed by atoms with Gasteiger partial charge in [-0.3, -0.25) is 9.59 Å². The number of amides is 2. The zero-order valence-electron chi connectivity index (χ0n) is 12.7. The van der Waals surface area contributed by atoms with E-state index in [0.29, 0.717) is 30.8 Å². The summed E-state index contributed by atoms with van der Waals surface area (Å²) in [4.78, 5) is 37.4. The molecule has 122 valence electrons. The number of nitrogens with one attached hydrogen (secondary N) is 1. The Labute approximate surface area is 133 Å². The summed E-state index contributed by atoms with van der Waals surface area (Å²) in [6.07, 6.45) is -0.0803. The van der Waals surface area contributed by atoms with Gasteiger partial charge in [-0.25, -0.2) is 4.79 Å². The Morgan fingerprint density at radius 2 is 2.17 bits per heavy atom. The molecule has 2 N–H and O–H groups in total. The molecule has 2 aliphatic rings. The summed E-state index contributed by atoms with van der Waals surface area (Å²) >= 11 is 0. The first-order chi connectivity index (χ1) is 10.9. The van der Waals surface area contributed by atoms with Crippen molar-refractivity contribution in [2.45, 2.75) is 37.8 Å². The lowest BCUT2D eigenvalue weighted by Crippen LogP contribution is -2.52. The van der Waals surface area contributed by atoms with Crippen LogP contribution in [-0.4, -0.2) is 46.0 Å². The third kappa shape index (κ3) is 2.62. The van der Waals surface area contributed by atoms with Crippen LogP contribution < -0.4 is 10.1 Å². The van der Waals surface area contributed by atoms with Crippen molar-refractivity contribution in [3.8, 4) is 5.75 Å². The normalized spacial score (nSPS) is 26.2. The quantitative estimate of drug-likeness (QED) is 0.874. The van der Waals surface area contributed by atoms with Crippen LogP contribution in [0.3, 0.4) is 0 Å². The summed E-state index contributed by atoms with van der Waals surface area (Å²) in [7, 11) is 0. The van der Waals surface area contributed by atoms with Crippen molar-refractivity contribution in [3.63, 3.8) is 0 Å². The van der Waals surface area contributed by atoms with Crippen molar-refractivity contribution in [1.82, 2.24) is 4.90 Å². The lowest BCUT2D eigenvalue weighted by atomic mass is 9.98. The van der Waals surface area contributed by atoms with Crippen molar-refractivity contribution < 1.29 is 24.2 Å². The Hall–Kier alpha value is -2.57. The highest BCUT2D eigenvalue weighted by molar-refractivity contribution is 6.00. The number of carbonyl (C=O) groups excluding carboxylic acids is 2. The van der Waals surface area contributed by atoms with E-state index in [1.54, 1.807) is 24.3 Å². The van der Waals surface area contributed by atoms with E-state index in [2.05, 4.69) is 5.32 Å². The molecule has 0 spiro atoms. The van der Waals surface area contributed by atoms with Crippen molar-refractivity contribution in [3.05, 3.63) is 24.3 Å². The van der Waals surface area contributed by atoms with Crippen LogP contribution in [0.4, 0.5) is 5.69 Å². The molecular weight excluding hydrogens is 300 g/mol. The number of para-hydroxylation sites is 2. The number of aliphatic carboxylic acids is 1. The van der Waals surface area contributed by atoms with Gasteiger partial charge in [0.05, 0.1) is 12.1 Å². The zero-order chi connectivity index (χ0) is 16.6. The molecular formula is C16H18N2O5. The molecule has 0 saturated carbocycles. The van der Waals surface area contributed by atoms with Crippen molar-refractivity contribution in [1.29, 1.82) is 0 Å². The van der Waals surface area contributed by atoms with E-state index in [4.69, 9.17) is 4.74 Å². The maximum Gasteiger partial charge on any atom is 0.329 e. The van der Waals surface area contributed by atoms with Gasteiger partial charge >= 0.3 is 5.97 Å². The van der Waals surface area contributed by atoms with Crippen LogP contribution in [0.5, 0.6) is 5.75 Å². The number of nitrogens with zero attached hydrogens (tertiary/aromatic N) is 1. The molecule has 2 aliphatic heterocycles. The monoisotopic (exact) mass is 318 g/mol. The maximum absolute atomic E-state index is 12.5. The van der Waals surface area contributed by atoms with Crippen molar-refractivity contribution >= 4 is 23.5 Å². The second kappa shape index (κ2) is 5.57. The minimum absolute atomic E-state index is 0.178. The standard InChI is InChI=1S/C16H18N2O5/c1-16(15(21)22)7-4-8-18(16)13(19)9-12-14(20)17-10-5-2-3-6-11(10)23-12/h2-3,5-6,12H,4,7-9H2,1H3,(H,17,20)(H,21,22). The number of carbonyl (C=O) groups is 3. The van der Waals surface area contributed by atoms with E-state index in [1.807, 2.05) is 0 Å². The second-order valence-electron chi connectivity index (χ2n) is 6.02. The molecule has 0 bridgehead atoms. The highest BCUT2D eigenvalue weighted by Crippen LogP contribution is 2.32. The maximum atomic E-state index is 12.5. The number of anilines is 1. The molecule has 7 heteroatoms. The van der Waals surface area contributed by atoms with Gasteiger partial charge in [0.2, 0.25) is 5.91 Å². The molecule has 7 nitrogen and oxygen atoms in total. The van der Waals surface area contributed by atoms with Crippen LogP contribution in [0, 0.1) is 0 Å². The van der Waals surface area contributed by atoms with Gasteiger partial charge in [-0.1, -0.05) is 12.1 Å². The summed E-state index contributed by atoms with van der Waals surface area (Å²) in [5.41, 5.74) is -0.641. The van der Waals surface area contributed by atoms with Crippen molar-refractivity contribution in [2.24, 2.45) is 0 Å². The molecule has 1 fully saturated rings. The number of hydrogen-bond acceptors (Lipinski definition) is 4. The molecule has 2 atom stereocenters. The number of ether oxygens (including phenoxy) is 1. The summed E-state index contributed by atoms with van der Waals surface area (Å²) in [5.74, 6) is -1.30. The van der Waals surface area contributed by atoms with Crippen molar-refractivity contribution in [2.75, 3.05) is 11.9 Å². The number of likely N-dealkylation sites (tertiary alicyclic amines) is 1. The second-order valence-corrected chi connectivity index (χ2v) is 6.02. The fourth-order valence-electron chi connectivity index (χ4n) is 3.08. The van der Waals surface area contributed by atoms with Crippen LogP contribution in [0.2, 0.25) is 0 Å². The van der Waals surface area contributed by atoms with Crippen LogP contribution >= 0.6 is 0 Å². The van der Waals surface area contributed by atoms with Gasteiger partial charge in [-0.15, -0.1) is 0 Å². The average Bonchev–Trinajstić information content (AvgIpc) is 2.91. The molecule has 3 rings (SSSR count). The molecule has 0 radical (unpaired) electrons. The average molecular weight is 318 g/mol. The van der Waals surface area contributed by atoms with Crippen LogP contribution in [-0.2, 0) is 14.4 Å². The van der Waals surface area contributed by atoms with E-state index < -0.39 is 23.5 Å². The van der Waals surface area contributed by atoms with Gasteiger partial charge in [0, 0.05) is 6.54 Å². The number of fused-ring (bicyclic) bond motifs is 1. The molecule has 2 heterocycles. The third-order valence-corrected chi connectivity index (χ3v) is 4.47. The lowest BCUT2D eigenvalue weighted by Gasteiger charge is -2.33. The summed E-state index contributed by atoms with van der Waals surface area (Å²) in [6, 6.07) is 6.98. The minimum Gasteiger partial charge on any atom is -0.480 e. The number of carboxylic acids is 1. The van der Waals surface area contributed by atoms with Gasteiger partial charge in [0.15, 0.2) is 6.10 Å². The number of benzene rings is 1. The Morgan fingerprint density at radius 3 is 2.91 bits per heavy atom. The van der Waals surface area contributed by atoms with Crippen LogP contribution in [0.25, 0.3) is 0 Å². The first-order valence-electron chi connectivity index (χ1n) is 7.52. The predicted octanol–water partition coefficient (Wildman–Crippen LogP) is 1.24. The van der Waals surface area contributed by atoms with E-state index in [0.717, 1.165) is 0 Å². The number of hydrogen-bond donors (Lipinski definition) is 2. The number of carboxylic acid groups (broad SMARTS) is 1. The van der Waals surface area contributed by atoms with Gasteiger partial charge in [0.1, 0.15) is 11.3 Å². The molecule has 2 amide bonds. The summed E-state index contributed by atoms with van der Waals surface area (Å²) < 4.78 is 5.60. The van der Waals surface area contributed by atoms with Crippen LogP contribution in [0.15, 0.2) is 24.3 Å². The summed E-state index contributed by atoms with van der Waals surface area (Å²) in [6.45, 7) is 1.92. The third-order valence-electron chi connectivity index (χ3n) is 4.47. The van der Waals surface area contributed by atoms with Gasteiger partial charge in [-0.2, -0.15) is 0 Å². The molecule has 1 saturated heterocycles. The molecule has 23 heavy (non-hydrogen) atoms. The predicted molar refractivity (Wildman–Crippen MR) is 81.1 cm³/mol. The Kier molecular flexibility index (Phi) is 3.71. The van der Waals surface area contributed by atoms with Crippen LogP contribution in [0.1, 0.15) is 26.2 Å². The molecule has 0 aromatic heterocycles. The highest BCUT2D eigenvalue weighted by Gasteiger charge is 2.46. The first-order valence-corrected chi connectivity index (χ1v) is 7.52. The molecule has 1 aromatic carbocycles. The van der Waals surface area contributed by atoms with E-state index >= 15 is 0 Å². The van der Waals surface area contributed by atoms with E-state index in [-0.39, 0.29) is 12.3 Å². The SMILES string of the molecule is CC1(C(=O)O)CCCN1C(=O)CC1Oc2ccccc2NC1=O. The zero-order valence-corrected chi connectivity index (χ0v) is 12.7. The largest absolute Gasteiger partial charge is 0.480 e. The minimum atomic E-state index is -1.21. The van der Waals surface area contributed by atoms with Gasteiger partial charge < -0.3 is 20.1 Å². The Balaban J connectivity index is 1.74. The molecule has 0 aliphatic carbocycles. The van der Waals surface area contributed by atoms with Gasteiger partial charge in [0.25, 0.3) is 5.91 Å². The fourth-order valence-corrected chi connectivity index (χ4v) is 3.08. The first kappa shape index (κ1) is 15.3. The highest BCUT2D eigenvalue weighted by atomic mass is 16.5. The topological polar surface area (TPSA) is 95.9 Å². The van der Waals surface area contributed by atoms with E-state index in [9.17, 15) is 19.5 Å².